The van der Waals surface area contributed by atoms with E-state index < -0.39 is 0 Å². The fraction of sp³-hybridized carbons (Fsp3) is 0.250. The van der Waals surface area contributed by atoms with Crippen molar-refractivity contribution >= 4 is 17.3 Å². The van der Waals surface area contributed by atoms with Gasteiger partial charge in [-0.05, 0) is 35.7 Å². The fourth-order valence-electron chi connectivity index (χ4n) is 2.18. The van der Waals surface area contributed by atoms with Crippen molar-refractivity contribution in [1.29, 1.82) is 0 Å². The molecule has 2 rings (SSSR count). The highest BCUT2D eigenvalue weighted by atomic mass is 35.5. The summed E-state index contributed by atoms with van der Waals surface area (Å²) in [5.41, 5.74) is 6.28. The van der Waals surface area contributed by atoms with Crippen molar-refractivity contribution in [3.8, 4) is 0 Å². The summed E-state index contributed by atoms with van der Waals surface area (Å²) >= 11 is 6.22. The molecule has 2 aromatic carbocycles. The average Bonchev–Trinajstić information content (AvgIpc) is 2.46. The second kappa shape index (κ2) is 6.75. The van der Waals surface area contributed by atoms with Crippen molar-refractivity contribution in [2.75, 3.05) is 19.0 Å². The Hall–Kier alpha value is -1.55. The number of nitrogens with one attached hydrogen (secondary N) is 1. The van der Waals surface area contributed by atoms with E-state index in [9.17, 15) is 0 Å². The summed E-state index contributed by atoms with van der Waals surface area (Å²) in [7, 11) is 4.05. The summed E-state index contributed by atoms with van der Waals surface area (Å²) in [5.74, 6) is 5.72. The van der Waals surface area contributed by atoms with Crippen molar-refractivity contribution in [3.05, 3.63) is 64.7 Å². The maximum absolute atomic E-state index is 6.22. The number of halogens is 1. The van der Waals surface area contributed by atoms with Crippen LogP contribution in [0.15, 0.2) is 48.5 Å². The van der Waals surface area contributed by atoms with E-state index in [0.29, 0.717) is 0 Å². The van der Waals surface area contributed by atoms with Gasteiger partial charge in [0.05, 0.1) is 6.04 Å². The van der Waals surface area contributed by atoms with Crippen LogP contribution < -0.4 is 16.2 Å². The Balaban J connectivity index is 2.24. The zero-order chi connectivity index (χ0) is 14.5. The Morgan fingerprint density at radius 2 is 1.90 bits per heavy atom. The number of nitrogens with zero attached hydrogens (tertiary/aromatic N) is 1. The lowest BCUT2D eigenvalue weighted by Crippen LogP contribution is -2.29. The van der Waals surface area contributed by atoms with E-state index in [1.165, 1.54) is 0 Å². The standard InChI is InChI=1S/C16H20ClN3/c1-20(2)14-8-5-7-13(10-14)16(19-18)11-12-6-3-4-9-15(12)17/h3-10,16,19H,11,18H2,1-2H3. The van der Waals surface area contributed by atoms with Gasteiger partial charge < -0.3 is 4.90 Å². The molecule has 0 aromatic heterocycles. The minimum atomic E-state index is 0.0369. The zero-order valence-corrected chi connectivity index (χ0v) is 12.6. The molecule has 1 unspecified atom stereocenters. The van der Waals surface area contributed by atoms with Gasteiger partial charge in [-0.2, -0.15) is 0 Å². The van der Waals surface area contributed by atoms with Crippen LogP contribution in [0.1, 0.15) is 17.2 Å². The molecule has 0 aliphatic heterocycles. The molecular weight excluding hydrogens is 270 g/mol. The highest BCUT2D eigenvalue weighted by molar-refractivity contribution is 6.31. The molecule has 0 heterocycles. The molecule has 106 valence electrons. The minimum Gasteiger partial charge on any atom is -0.378 e. The first-order valence-corrected chi connectivity index (χ1v) is 6.96. The molecule has 3 nitrogen and oxygen atoms in total. The molecule has 0 amide bonds. The Labute approximate surface area is 125 Å². The van der Waals surface area contributed by atoms with E-state index in [-0.39, 0.29) is 6.04 Å². The summed E-state index contributed by atoms with van der Waals surface area (Å²) < 4.78 is 0. The van der Waals surface area contributed by atoms with Crippen molar-refractivity contribution in [1.82, 2.24) is 5.43 Å². The molecule has 0 saturated carbocycles. The average molecular weight is 290 g/mol. The van der Waals surface area contributed by atoms with Gasteiger partial charge in [0.2, 0.25) is 0 Å². The molecule has 0 aliphatic rings. The fourth-order valence-corrected chi connectivity index (χ4v) is 2.39. The number of hydrazine groups is 1. The van der Waals surface area contributed by atoms with Crippen LogP contribution in [0.5, 0.6) is 0 Å². The third-order valence-corrected chi connectivity index (χ3v) is 3.74. The zero-order valence-electron chi connectivity index (χ0n) is 11.8. The predicted octanol–water partition coefficient (Wildman–Crippen LogP) is 3.15. The van der Waals surface area contributed by atoms with Gasteiger partial charge in [-0.15, -0.1) is 0 Å². The molecule has 0 spiro atoms. The number of hydrogen-bond donors (Lipinski definition) is 2. The smallest absolute Gasteiger partial charge is 0.0501 e. The molecule has 0 bridgehead atoms. The molecule has 0 aliphatic carbocycles. The SMILES string of the molecule is CN(C)c1cccc(C(Cc2ccccc2Cl)NN)c1. The Morgan fingerprint density at radius 1 is 1.15 bits per heavy atom. The quantitative estimate of drug-likeness (QED) is 0.656. The molecule has 4 heteroatoms. The number of benzene rings is 2. The first kappa shape index (κ1) is 14.9. The number of hydrogen-bond acceptors (Lipinski definition) is 3. The molecular formula is C16H20ClN3. The van der Waals surface area contributed by atoms with Crippen molar-refractivity contribution in [2.24, 2.45) is 5.84 Å². The molecule has 0 saturated heterocycles. The van der Waals surface area contributed by atoms with Gasteiger partial charge in [0.25, 0.3) is 0 Å². The molecule has 3 N–H and O–H groups in total. The molecule has 0 fully saturated rings. The Bertz CT molecular complexity index is 569. The van der Waals surface area contributed by atoms with E-state index in [4.69, 9.17) is 17.4 Å². The van der Waals surface area contributed by atoms with Gasteiger partial charge >= 0.3 is 0 Å². The van der Waals surface area contributed by atoms with Crippen molar-refractivity contribution in [3.63, 3.8) is 0 Å². The highest BCUT2D eigenvalue weighted by Gasteiger charge is 2.13. The molecule has 0 radical (unpaired) electrons. The van der Waals surface area contributed by atoms with Gasteiger partial charge in [-0.25, -0.2) is 0 Å². The van der Waals surface area contributed by atoms with E-state index in [1.54, 1.807) is 0 Å². The normalized spacial score (nSPS) is 12.2. The Morgan fingerprint density at radius 3 is 2.55 bits per heavy atom. The van der Waals surface area contributed by atoms with Crippen LogP contribution in [-0.2, 0) is 6.42 Å². The van der Waals surface area contributed by atoms with Crippen LogP contribution in [0, 0.1) is 0 Å². The summed E-state index contributed by atoms with van der Waals surface area (Å²) in [6.45, 7) is 0. The van der Waals surface area contributed by atoms with Crippen LogP contribution in [0.2, 0.25) is 5.02 Å². The number of nitrogens with two attached hydrogens (primary N) is 1. The second-order valence-corrected chi connectivity index (χ2v) is 5.41. The van der Waals surface area contributed by atoms with Crippen LogP contribution in [0.25, 0.3) is 0 Å². The van der Waals surface area contributed by atoms with Gasteiger partial charge in [0.15, 0.2) is 0 Å². The van der Waals surface area contributed by atoms with Gasteiger partial charge in [0.1, 0.15) is 0 Å². The van der Waals surface area contributed by atoms with Gasteiger partial charge in [-0.3, -0.25) is 11.3 Å². The lowest BCUT2D eigenvalue weighted by molar-refractivity contribution is 0.552. The van der Waals surface area contributed by atoms with E-state index >= 15 is 0 Å². The van der Waals surface area contributed by atoms with Crippen LogP contribution >= 0.6 is 11.6 Å². The van der Waals surface area contributed by atoms with E-state index in [1.807, 2.05) is 44.4 Å². The number of anilines is 1. The largest absolute Gasteiger partial charge is 0.378 e. The monoisotopic (exact) mass is 289 g/mol. The van der Waals surface area contributed by atoms with Crippen molar-refractivity contribution < 1.29 is 0 Å². The summed E-state index contributed by atoms with van der Waals surface area (Å²) in [6.07, 6.45) is 0.757. The topological polar surface area (TPSA) is 41.3 Å². The van der Waals surface area contributed by atoms with Gasteiger partial charge in [-0.1, -0.05) is 41.9 Å². The summed E-state index contributed by atoms with van der Waals surface area (Å²) in [5, 5.41) is 0.775. The third-order valence-electron chi connectivity index (χ3n) is 3.37. The molecule has 20 heavy (non-hydrogen) atoms. The lowest BCUT2D eigenvalue weighted by Gasteiger charge is -2.20. The third kappa shape index (κ3) is 3.51. The maximum Gasteiger partial charge on any atom is 0.0501 e. The van der Waals surface area contributed by atoms with Gasteiger partial charge in [0, 0.05) is 24.8 Å². The Kier molecular flexibility index (Phi) is 5.01. The predicted molar refractivity (Wildman–Crippen MR) is 86.0 cm³/mol. The number of rotatable bonds is 5. The minimum absolute atomic E-state index is 0.0369. The first-order chi connectivity index (χ1) is 9.61. The van der Waals surface area contributed by atoms with Crippen molar-refractivity contribution in [2.45, 2.75) is 12.5 Å². The molecule has 1 atom stereocenters. The van der Waals surface area contributed by atoms with Crippen LogP contribution in [0.3, 0.4) is 0 Å². The van der Waals surface area contributed by atoms with E-state index in [0.717, 1.165) is 28.3 Å². The van der Waals surface area contributed by atoms with Crippen LogP contribution in [0.4, 0.5) is 5.69 Å². The van der Waals surface area contributed by atoms with E-state index in [2.05, 4.69) is 28.5 Å². The second-order valence-electron chi connectivity index (χ2n) is 5.00. The first-order valence-electron chi connectivity index (χ1n) is 6.58. The van der Waals surface area contributed by atoms with Crippen LogP contribution in [-0.4, -0.2) is 14.1 Å². The highest BCUT2D eigenvalue weighted by Crippen LogP contribution is 2.25. The lowest BCUT2D eigenvalue weighted by atomic mass is 9.99. The summed E-state index contributed by atoms with van der Waals surface area (Å²) in [6, 6.07) is 16.2. The molecule has 2 aromatic rings. The maximum atomic E-state index is 6.22. The summed E-state index contributed by atoms with van der Waals surface area (Å²) in [4.78, 5) is 2.08.